The number of aryl methyl sites for hydroxylation is 1. The van der Waals surface area contributed by atoms with Crippen LogP contribution < -0.4 is 11.2 Å². The number of hydrogen-bond donors (Lipinski definition) is 2. The van der Waals surface area contributed by atoms with Crippen molar-refractivity contribution in [3.63, 3.8) is 0 Å². The highest BCUT2D eigenvalue weighted by Crippen LogP contribution is 2.16. The maximum Gasteiger partial charge on any atom is 0.254 e. The average Bonchev–Trinajstić information content (AvgIpc) is 2.30. The number of H-pyrrole nitrogens is 1. The molecule has 2 aromatic rings. The van der Waals surface area contributed by atoms with Gasteiger partial charge in [-0.15, -0.1) is 0 Å². The lowest BCUT2D eigenvalue weighted by atomic mass is 10.0. The number of hydrogen-bond acceptors (Lipinski definition) is 2. The van der Waals surface area contributed by atoms with E-state index in [4.69, 9.17) is 5.73 Å². The van der Waals surface area contributed by atoms with Gasteiger partial charge in [0.25, 0.3) is 5.91 Å². The van der Waals surface area contributed by atoms with Crippen molar-refractivity contribution in [2.45, 2.75) is 6.92 Å². The zero-order valence-electron chi connectivity index (χ0n) is 9.66. The van der Waals surface area contributed by atoms with Crippen molar-refractivity contribution in [1.29, 1.82) is 0 Å². The minimum absolute atomic E-state index is 0.0724. The van der Waals surface area contributed by atoms with Gasteiger partial charge >= 0.3 is 0 Å². The first-order valence-corrected chi connectivity index (χ1v) is 5.28. The lowest BCUT2D eigenvalue weighted by Crippen LogP contribution is -2.25. The van der Waals surface area contributed by atoms with Crippen molar-refractivity contribution >= 4 is 5.91 Å². The Morgan fingerprint density at radius 2 is 1.89 bits per heavy atom. The first-order valence-electron chi connectivity index (χ1n) is 5.28. The van der Waals surface area contributed by atoms with Crippen LogP contribution in [0.4, 0.5) is 4.39 Å². The van der Waals surface area contributed by atoms with Crippen LogP contribution in [-0.4, -0.2) is 10.9 Å². The molecule has 0 radical (unpaired) electrons. The summed E-state index contributed by atoms with van der Waals surface area (Å²) in [7, 11) is 0. The molecule has 1 aromatic heterocycles. The summed E-state index contributed by atoms with van der Waals surface area (Å²) in [5.74, 6) is -1.17. The maximum atomic E-state index is 12.8. The van der Waals surface area contributed by atoms with Crippen molar-refractivity contribution in [2.75, 3.05) is 0 Å². The first kappa shape index (κ1) is 12.0. The summed E-state index contributed by atoms with van der Waals surface area (Å²) in [6, 6.07) is 5.44. The van der Waals surface area contributed by atoms with Crippen LogP contribution in [0, 0.1) is 12.7 Å². The molecule has 0 atom stereocenters. The van der Waals surface area contributed by atoms with Crippen molar-refractivity contribution in [2.24, 2.45) is 5.73 Å². The Hall–Kier alpha value is -2.43. The number of carbonyl (C=O) groups is 1. The monoisotopic (exact) mass is 246 g/mol. The van der Waals surface area contributed by atoms with Crippen LogP contribution in [0.1, 0.15) is 16.1 Å². The van der Waals surface area contributed by atoms with Crippen LogP contribution in [0.5, 0.6) is 0 Å². The van der Waals surface area contributed by atoms with E-state index in [0.717, 1.165) is 0 Å². The number of rotatable bonds is 2. The highest BCUT2D eigenvalue weighted by molar-refractivity contribution is 5.94. The molecule has 0 unspecified atom stereocenters. The molecule has 0 saturated heterocycles. The zero-order valence-corrected chi connectivity index (χ0v) is 9.66. The molecule has 1 amide bonds. The van der Waals surface area contributed by atoms with E-state index in [1.54, 1.807) is 6.92 Å². The molecule has 0 aliphatic rings. The lowest BCUT2D eigenvalue weighted by Gasteiger charge is -2.05. The van der Waals surface area contributed by atoms with Crippen molar-refractivity contribution in [1.82, 2.24) is 4.98 Å². The Kier molecular flexibility index (Phi) is 2.97. The van der Waals surface area contributed by atoms with Gasteiger partial charge in [0.1, 0.15) is 11.4 Å². The lowest BCUT2D eigenvalue weighted by molar-refractivity contribution is 0.0998. The van der Waals surface area contributed by atoms with Gasteiger partial charge in [-0.05, 0) is 24.6 Å². The highest BCUT2D eigenvalue weighted by atomic mass is 19.1. The number of aromatic amines is 1. The molecule has 0 aliphatic carbocycles. The zero-order chi connectivity index (χ0) is 13.3. The minimum Gasteiger partial charge on any atom is -0.365 e. The number of pyridine rings is 1. The molecule has 0 saturated carbocycles. The summed E-state index contributed by atoms with van der Waals surface area (Å²) in [5.41, 5.74) is 5.87. The predicted molar refractivity (Wildman–Crippen MR) is 65.7 cm³/mol. The second kappa shape index (κ2) is 4.44. The summed E-state index contributed by atoms with van der Waals surface area (Å²) in [4.78, 5) is 26.1. The number of amides is 1. The number of nitrogens with two attached hydrogens (primary N) is 1. The first-order chi connectivity index (χ1) is 8.50. The van der Waals surface area contributed by atoms with Gasteiger partial charge in [0.15, 0.2) is 0 Å². The van der Waals surface area contributed by atoms with E-state index >= 15 is 0 Å². The van der Waals surface area contributed by atoms with Gasteiger partial charge < -0.3 is 10.7 Å². The fraction of sp³-hybridized carbons (Fsp3) is 0.0769. The summed E-state index contributed by atoms with van der Waals surface area (Å²) < 4.78 is 12.8. The van der Waals surface area contributed by atoms with Gasteiger partial charge in [-0.1, -0.05) is 12.1 Å². The third-order valence-electron chi connectivity index (χ3n) is 2.68. The molecule has 5 heteroatoms. The van der Waals surface area contributed by atoms with E-state index in [0.29, 0.717) is 11.3 Å². The van der Waals surface area contributed by atoms with Crippen molar-refractivity contribution < 1.29 is 9.18 Å². The van der Waals surface area contributed by atoms with E-state index in [9.17, 15) is 14.0 Å². The topological polar surface area (TPSA) is 75.9 Å². The predicted octanol–water partition coefficient (Wildman–Crippen LogP) is 1.59. The van der Waals surface area contributed by atoms with Crippen LogP contribution in [-0.2, 0) is 0 Å². The molecule has 3 N–H and O–H groups in total. The molecule has 0 bridgehead atoms. The molecule has 0 spiro atoms. The Labute approximate surface area is 102 Å². The van der Waals surface area contributed by atoms with Gasteiger partial charge in [-0.3, -0.25) is 9.59 Å². The maximum absolute atomic E-state index is 12.8. The molecule has 1 aromatic carbocycles. The second-order valence-corrected chi connectivity index (χ2v) is 3.90. The van der Waals surface area contributed by atoms with Crippen molar-refractivity contribution in [3.8, 4) is 11.1 Å². The van der Waals surface area contributed by atoms with Crippen LogP contribution in [0.15, 0.2) is 35.3 Å². The van der Waals surface area contributed by atoms with E-state index in [-0.39, 0.29) is 11.1 Å². The van der Waals surface area contributed by atoms with Gasteiger partial charge in [0.2, 0.25) is 5.43 Å². The van der Waals surface area contributed by atoms with Gasteiger partial charge in [-0.2, -0.15) is 0 Å². The smallest absolute Gasteiger partial charge is 0.254 e. The standard InChI is InChI=1S/C13H11FN2O2/c1-7-11(13(15)18)12(17)10(6-16-7)8-2-4-9(14)5-3-8/h2-6H,1H3,(H2,15,18)(H,16,17). The van der Waals surface area contributed by atoms with E-state index in [1.807, 2.05) is 0 Å². The van der Waals surface area contributed by atoms with E-state index < -0.39 is 17.2 Å². The fourth-order valence-electron chi connectivity index (χ4n) is 1.76. The summed E-state index contributed by atoms with van der Waals surface area (Å²) in [6.45, 7) is 1.59. The summed E-state index contributed by atoms with van der Waals surface area (Å²) in [6.07, 6.45) is 1.48. The molecule has 18 heavy (non-hydrogen) atoms. The number of benzene rings is 1. The molecular formula is C13H11FN2O2. The molecular weight excluding hydrogens is 235 g/mol. The normalized spacial score (nSPS) is 10.3. The number of nitrogens with one attached hydrogen (secondary N) is 1. The van der Waals surface area contributed by atoms with E-state index in [2.05, 4.69) is 4.98 Å². The molecule has 1 heterocycles. The largest absolute Gasteiger partial charge is 0.365 e. The van der Waals surface area contributed by atoms with Gasteiger partial charge in [0, 0.05) is 17.5 Å². The molecule has 0 aliphatic heterocycles. The summed E-state index contributed by atoms with van der Waals surface area (Å²) >= 11 is 0. The average molecular weight is 246 g/mol. The Morgan fingerprint density at radius 3 is 2.44 bits per heavy atom. The second-order valence-electron chi connectivity index (χ2n) is 3.90. The Bertz CT molecular complexity index is 660. The number of carbonyl (C=O) groups excluding carboxylic acids is 1. The van der Waals surface area contributed by atoms with Crippen LogP contribution in [0.3, 0.4) is 0 Å². The molecule has 0 fully saturated rings. The van der Waals surface area contributed by atoms with Crippen molar-refractivity contribution in [3.05, 3.63) is 57.8 Å². The SMILES string of the molecule is Cc1[nH]cc(-c2ccc(F)cc2)c(=O)c1C(N)=O. The fourth-order valence-corrected chi connectivity index (χ4v) is 1.76. The third-order valence-corrected chi connectivity index (χ3v) is 2.68. The number of aromatic nitrogens is 1. The quantitative estimate of drug-likeness (QED) is 0.844. The summed E-state index contributed by atoms with van der Waals surface area (Å²) in [5, 5.41) is 0. The van der Waals surface area contributed by atoms with Gasteiger partial charge in [0.05, 0.1) is 0 Å². The van der Waals surface area contributed by atoms with Crippen LogP contribution in [0.2, 0.25) is 0 Å². The molecule has 92 valence electrons. The number of primary amides is 1. The third kappa shape index (κ3) is 2.02. The van der Waals surface area contributed by atoms with Gasteiger partial charge in [-0.25, -0.2) is 4.39 Å². The Balaban J connectivity index is 2.67. The number of halogens is 1. The highest BCUT2D eigenvalue weighted by Gasteiger charge is 2.14. The molecule has 2 rings (SSSR count). The van der Waals surface area contributed by atoms with E-state index in [1.165, 1.54) is 30.5 Å². The molecule has 4 nitrogen and oxygen atoms in total. The Morgan fingerprint density at radius 1 is 1.28 bits per heavy atom. The minimum atomic E-state index is -0.780. The van der Waals surface area contributed by atoms with Crippen LogP contribution in [0.25, 0.3) is 11.1 Å². The van der Waals surface area contributed by atoms with Crippen LogP contribution >= 0.6 is 0 Å².